The van der Waals surface area contributed by atoms with E-state index in [9.17, 15) is 23.5 Å². The summed E-state index contributed by atoms with van der Waals surface area (Å²) >= 11 is 0. The van der Waals surface area contributed by atoms with Crippen LogP contribution in [0.2, 0.25) is 0 Å². The molecule has 1 rings (SSSR count). The second-order valence-electron chi connectivity index (χ2n) is 5.49. The lowest BCUT2D eigenvalue weighted by atomic mass is 9.92. The van der Waals surface area contributed by atoms with E-state index in [-0.39, 0.29) is 12.2 Å². The van der Waals surface area contributed by atoms with Crippen molar-refractivity contribution in [3.8, 4) is 0 Å². The Bertz CT molecular complexity index is 558. The van der Waals surface area contributed by atoms with Crippen LogP contribution in [0.3, 0.4) is 0 Å². The molecule has 0 fully saturated rings. The van der Waals surface area contributed by atoms with Crippen LogP contribution in [0, 0.1) is 11.6 Å². The number of nitrogens with one attached hydrogen (secondary N) is 2. The topological polar surface area (TPSA) is 78.4 Å². The van der Waals surface area contributed by atoms with Gasteiger partial charge in [0.15, 0.2) is 11.6 Å². The van der Waals surface area contributed by atoms with Gasteiger partial charge < -0.3 is 15.7 Å². The van der Waals surface area contributed by atoms with Crippen LogP contribution in [-0.2, 0) is 9.59 Å². The molecule has 0 aromatic heterocycles. The maximum Gasteiger partial charge on any atom is 0.313 e. The molecular formula is C16H22F2N2O3. The summed E-state index contributed by atoms with van der Waals surface area (Å²) in [6.45, 7) is 3.79. The first-order chi connectivity index (χ1) is 10.8. The van der Waals surface area contributed by atoms with Crippen LogP contribution in [0.15, 0.2) is 18.2 Å². The molecule has 128 valence electrons. The Labute approximate surface area is 134 Å². The van der Waals surface area contributed by atoms with Crippen molar-refractivity contribution in [2.75, 3.05) is 11.9 Å². The predicted molar refractivity (Wildman–Crippen MR) is 82.8 cm³/mol. The molecule has 0 atom stereocenters. The van der Waals surface area contributed by atoms with Gasteiger partial charge in [-0.2, -0.15) is 0 Å². The third-order valence-electron chi connectivity index (χ3n) is 3.39. The SMILES string of the molecule is CCCC(O)(CCC)CNC(=O)C(=O)Nc1ccc(F)c(F)c1. The Morgan fingerprint density at radius 2 is 1.70 bits per heavy atom. The van der Waals surface area contributed by atoms with Gasteiger partial charge in [0.1, 0.15) is 0 Å². The van der Waals surface area contributed by atoms with Crippen LogP contribution in [0.25, 0.3) is 0 Å². The molecule has 0 aliphatic carbocycles. The molecule has 0 heterocycles. The maximum atomic E-state index is 13.0. The molecule has 0 radical (unpaired) electrons. The fourth-order valence-electron chi connectivity index (χ4n) is 2.32. The summed E-state index contributed by atoms with van der Waals surface area (Å²) in [6.07, 6.45) is 2.50. The number of hydrogen-bond donors (Lipinski definition) is 3. The van der Waals surface area contributed by atoms with Crippen LogP contribution in [-0.4, -0.2) is 29.1 Å². The maximum absolute atomic E-state index is 13.0. The fourth-order valence-corrected chi connectivity index (χ4v) is 2.32. The number of halogens is 2. The largest absolute Gasteiger partial charge is 0.388 e. The van der Waals surface area contributed by atoms with Crippen LogP contribution in [0.5, 0.6) is 0 Å². The second-order valence-corrected chi connectivity index (χ2v) is 5.49. The van der Waals surface area contributed by atoms with E-state index >= 15 is 0 Å². The minimum atomic E-state index is -1.12. The molecule has 1 aromatic carbocycles. The Hall–Kier alpha value is -2.02. The highest BCUT2D eigenvalue weighted by Gasteiger charge is 2.26. The van der Waals surface area contributed by atoms with Crippen molar-refractivity contribution in [1.29, 1.82) is 0 Å². The predicted octanol–water partition coefficient (Wildman–Crippen LogP) is 2.35. The molecule has 2 amide bonds. The molecule has 0 unspecified atom stereocenters. The summed E-state index contributed by atoms with van der Waals surface area (Å²) in [5.41, 5.74) is -1.08. The normalized spacial score (nSPS) is 11.2. The zero-order valence-electron chi connectivity index (χ0n) is 13.3. The summed E-state index contributed by atoms with van der Waals surface area (Å²) in [5, 5.41) is 14.9. The van der Waals surface area contributed by atoms with Crippen LogP contribution < -0.4 is 10.6 Å². The standard InChI is InChI=1S/C16H22F2N2O3/c1-3-7-16(23,8-4-2)10-19-14(21)15(22)20-11-5-6-12(17)13(18)9-11/h5-6,9,23H,3-4,7-8,10H2,1-2H3,(H,19,21)(H,20,22). The highest BCUT2D eigenvalue weighted by Crippen LogP contribution is 2.18. The van der Waals surface area contributed by atoms with Crippen LogP contribution in [0.1, 0.15) is 39.5 Å². The Balaban J connectivity index is 2.59. The molecule has 0 aliphatic rings. The number of aliphatic hydroxyl groups is 1. The third-order valence-corrected chi connectivity index (χ3v) is 3.39. The van der Waals surface area contributed by atoms with E-state index in [0.29, 0.717) is 12.8 Å². The average molecular weight is 328 g/mol. The lowest BCUT2D eigenvalue weighted by Gasteiger charge is -2.27. The molecule has 0 aliphatic heterocycles. The van der Waals surface area contributed by atoms with Crippen molar-refractivity contribution in [1.82, 2.24) is 5.32 Å². The molecule has 7 heteroatoms. The van der Waals surface area contributed by atoms with E-state index in [1.807, 2.05) is 13.8 Å². The van der Waals surface area contributed by atoms with Gasteiger partial charge in [0.05, 0.1) is 5.60 Å². The van der Waals surface area contributed by atoms with Crippen molar-refractivity contribution in [2.45, 2.75) is 45.1 Å². The third kappa shape index (κ3) is 5.94. The van der Waals surface area contributed by atoms with Gasteiger partial charge in [-0.15, -0.1) is 0 Å². The molecule has 0 bridgehead atoms. The molecule has 0 spiro atoms. The zero-order valence-corrected chi connectivity index (χ0v) is 13.3. The smallest absolute Gasteiger partial charge is 0.313 e. The minimum Gasteiger partial charge on any atom is -0.388 e. The number of rotatable bonds is 7. The lowest BCUT2D eigenvalue weighted by Crippen LogP contribution is -2.46. The van der Waals surface area contributed by atoms with E-state index in [1.165, 1.54) is 0 Å². The second kappa shape index (κ2) is 8.57. The van der Waals surface area contributed by atoms with E-state index < -0.39 is 29.0 Å². The molecule has 3 N–H and O–H groups in total. The number of carbonyl (C=O) groups is 2. The quantitative estimate of drug-likeness (QED) is 0.672. The van der Waals surface area contributed by atoms with E-state index in [4.69, 9.17) is 0 Å². The molecule has 5 nitrogen and oxygen atoms in total. The molecule has 0 saturated heterocycles. The first-order valence-electron chi connectivity index (χ1n) is 7.58. The van der Waals surface area contributed by atoms with Gasteiger partial charge in [-0.1, -0.05) is 26.7 Å². The summed E-state index contributed by atoms with van der Waals surface area (Å²) < 4.78 is 25.8. The highest BCUT2D eigenvalue weighted by molar-refractivity contribution is 6.39. The summed E-state index contributed by atoms with van der Waals surface area (Å²) in [5.74, 6) is -4.12. The van der Waals surface area contributed by atoms with Gasteiger partial charge in [-0.3, -0.25) is 9.59 Å². The Morgan fingerprint density at radius 3 is 2.22 bits per heavy atom. The Morgan fingerprint density at radius 1 is 1.09 bits per heavy atom. The van der Waals surface area contributed by atoms with Crippen molar-refractivity contribution < 1.29 is 23.5 Å². The van der Waals surface area contributed by atoms with E-state index in [1.54, 1.807) is 0 Å². The van der Waals surface area contributed by atoms with Gasteiger partial charge >= 0.3 is 11.8 Å². The van der Waals surface area contributed by atoms with E-state index in [0.717, 1.165) is 31.0 Å². The summed E-state index contributed by atoms with van der Waals surface area (Å²) in [4.78, 5) is 23.5. The molecular weight excluding hydrogens is 306 g/mol. The van der Waals surface area contributed by atoms with Crippen molar-refractivity contribution in [2.24, 2.45) is 0 Å². The average Bonchev–Trinajstić information content (AvgIpc) is 2.49. The van der Waals surface area contributed by atoms with Gasteiger partial charge in [-0.05, 0) is 25.0 Å². The molecule has 0 saturated carbocycles. The first-order valence-corrected chi connectivity index (χ1v) is 7.58. The lowest BCUT2D eigenvalue weighted by molar-refractivity contribution is -0.137. The number of benzene rings is 1. The fraction of sp³-hybridized carbons (Fsp3) is 0.500. The van der Waals surface area contributed by atoms with Gasteiger partial charge in [0.25, 0.3) is 0 Å². The van der Waals surface area contributed by atoms with Gasteiger partial charge in [0.2, 0.25) is 0 Å². The summed E-state index contributed by atoms with van der Waals surface area (Å²) in [7, 11) is 0. The zero-order chi connectivity index (χ0) is 17.5. The number of anilines is 1. The molecule has 1 aromatic rings. The van der Waals surface area contributed by atoms with Gasteiger partial charge in [0, 0.05) is 18.3 Å². The number of hydrogen-bond acceptors (Lipinski definition) is 3. The van der Waals surface area contributed by atoms with Crippen LogP contribution >= 0.6 is 0 Å². The highest BCUT2D eigenvalue weighted by atomic mass is 19.2. The van der Waals surface area contributed by atoms with Crippen molar-refractivity contribution in [3.05, 3.63) is 29.8 Å². The molecule has 23 heavy (non-hydrogen) atoms. The van der Waals surface area contributed by atoms with Crippen LogP contribution in [0.4, 0.5) is 14.5 Å². The van der Waals surface area contributed by atoms with E-state index in [2.05, 4.69) is 10.6 Å². The monoisotopic (exact) mass is 328 g/mol. The minimum absolute atomic E-state index is 0.0265. The first kappa shape index (κ1) is 19.0. The Kier molecular flexibility index (Phi) is 7.09. The number of amides is 2. The van der Waals surface area contributed by atoms with Gasteiger partial charge in [-0.25, -0.2) is 8.78 Å². The van der Waals surface area contributed by atoms with Crippen molar-refractivity contribution >= 4 is 17.5 Å². The van der Waals surface area contributed by atoms with Crippen molar-refractivity contribution in [3.63, 3.8) is 0 Å². The number of carbonyl (C=O) groups excluding carboxylic acids is 2. The summed E-state index contributed by atoms with van der Waals surface area (Å²) in [6, 6.07) is 2.78.